The molecule has 0 amide bonds. The van der Waals surface area contributed by atoms with Crippen molar-refractivity contribution in [2.45, 2.75) is 25.8 Å². The number of nitrogens with one attached hydrogen (secondary N) is 1. The molecule has 3 heteroatoms. The summed E-state index contributed by atoms with van der Waals surface area (Å²) in [6.45, 7) is 6.79. The number of ether oxygens (including phenoxy) is 1. The molecule has 0 aromatic rings. The Kier molecular flexibility index (Phi) is 5.45. The minimum absolute atomic E-state index is 0.480. The fraction of sp³-hybridized carbons (Fsp3) is 1.00. The third-order valence-electron chi connectivity index (χ3n) is 3.13. The third kappa shape index (κ3) is 3.95. The Labute approximate surface area is 87.8 Å². The molecule has 0 aliphatic carbocycles. The van der Waals surface area contributed by atoms with Gasteiger partial charge in [0.05, 0.1) is 6.61 Å². The SMILES string of the molecule is CNC(COC)CN1CCC(C)CC1. The van der Waals surface area contributed by atoms with Gasteiger partial charge >= 0.3 is 0 Å². The van der Waals surface area contributed by atoms with Crippen LogP contribution in [0, 0.1) is 5.92 Å². The van der Waals surface area contributed by atoms with Gasteiger partial charge in [0.25, 0.3) is 0 Å². The third-order valence-corrected chi connectivity index (χ3v) is 3.13. The van der Waals surface area contributed by atoms with E-state index in [1.807, 2.05) is 7.05 Å². The summed E-state index contributed by atoms with van der Waals surface area (Å²) in [5, 5.41) is 3.29. The van der Waals surface area contributed by atoms with Crippen molar-refractivity contribution in [3.05, 3.63) is 0 Å². The number of rotatable bonds is 5. The van der Waals surface area contributed by atoms with Gasteiger partial charge in [-0.15, -0.1) is 0 Å². The molecular weight excluding hydrogens is 176 g/mol. The molecule has 14 heavy (non-hydrogen) atoms. The summed E-state index contributed by atoms with van der Waals surface area (Å²) in [5.41, 5.74) is 0. The maximum atomic E-state index is 5.17. The van der Waals surface area contributed by atoms with Crippen LogP contribution >= 0.6 is 0 Å². The van der Waals surface area contributed by atoms with Gasteiger partial charge in [-0.05, 0) is 38.9 Å². The average Bonchev–Trinajstić information content (AvgIpc) is 2.20. The molecule has 1 fully saturated rings. The summed E-state index contributed by atoms with van der Waals surface area (Å²) in [6.07, 6.45) is 2.70. The molecule has 1 unspecified atom stereocenters. The van der Waals surface area contributed by atoms with E-state index in [0.717, 1.165) is 19.1 Å². The van der Waals surface area contributed by atoms with Gasteiger partial charge in [0, 0.05) is 19.7 Å². The molecule has 0 saturated carbocycles. The van der Waals surface area contributed by atoms with Gasteiger partial charge in [-0.1, -0.05) is 6.92 Å². The van der Waals surface area contributed by atoms with Crippen LogP contribution in [0.15, 0.2) is 0 Å². The van der Waals surface area contributed by atoms with Crippen LogP contribution in [0.1, 0.15) is 19.8 Å². The lowest BCUT2D eigenvalue weighted by molar-refractivity contribution is 0.123. The number of nitrogens with zero attached hydrogens (tertiary/aromatic N) is 1. The van der Waals surface area contributed by atoms with Crippen LogP contribution in [0.25, 0.3) is 0 Å². The van der Waals surface area contributed by atoms with Crippen LogP contribution in [-0.2, 0) is 4.74 Å². The smallest absolute Gasteiger partial charge is 0.0628 e. The van der Waals surface area contributed by atoms with Crippen molar-refractivity contribution >= 4 is 0 Å². The van der Waals surface area contributed by atoms with Crippen molar-refractivity contribution in [2.24, 2.45) is 5.92 Å². The van der Waals surface area contributed by atoms with Gasteiger partial charge in [0.1, 0.15) is 0 Å². The highest BCUT2D eigenvalue weighted by Crippen LogP contribution is 2.15. The molecule has 1 N–H and O–H groups in total. The van der Waals surface area contributed by atoms with Crippen molar-refractivity contribution in [3.8, 4) is 0 Å². The van der Waals surface area contributed by atoms with Crippen molar-refractivity contribution in [1.29, 1.82) is 0 Å². The molecule has 1 saturated heterocycles. The van der Waals surface area contributed by atoms with Crippen molar-refractivity contribution < 1.29 is 4.74 Å². The van der Waals surface area contributed by atoms with Gasteiger partial charge < -0.3 is 15.0 Å². The van der Waals surface area contributed by atoms with Crippen LogP contribution in [0.2, 0.25) is 0 Å². The molecule has 0 bridgehead atoms. The highest BCUT2D eigenvalue weighted by Gasteiger charge is 2.18. The molecule has 1 atom stereocenters. The first-order valence-electron chi connectivity index (χ1n) is 5.64. The van der Waals surface area contributed by atoms with E-state index in [1.165, 1.54) is 25.9 Å². The van der Waals surface area contributed by atoms with Crippen LogP contribution < -0.4 is 5.32 Å². The molecule has 1 aliphatic heterocycles. The molecule has 0 spiro atoms. The van der Waals surface area contributed by atoms with E-state index >= 15 is 0 Å². The molecule has 0 aromatic carbocycles. The van der Waals surface area contributed by atoms with Gasteiger partial charge in [-0.2, -0.15) is 0 Å². The Morgan fingerprint density at radius 1 is 1.43 bits per heavy atom. The second kappa shape index (κ2) is 6.38. The molecule has 0 aromatic heterocycles. The Bertz CT molecular complexity index is 144. The summed E-state index contributed by atoms with van der Waals surface area (Å²) in [6, 6.07) is 0.480. The summed E-state index contributed by atoms with van der Waals surface area (Å²) < 4.78 is 5.17. The lowest BCUT2D eigenvalue weighted by atomic mass is 9.99. The zero-order valence-electron chi connectivity index (χ0n) is 9.75. The first-order valence-corrected chi connectivity index (χ1v) is 5.64. The highest BCUT2D eigenvalue weighted by atomic mass is 16.5. The van der Waals surface area contributed by atoms with Gasteiger partial charge in [0.15, 0.2) is 0 Å². The van der Waals surface area contributed by atoms with E-state index in [-0.39, 0.29) is 0 Å². The first kappa shape index (κ1) is 12.0. The second-order valence-corrected chi connectivity index (χ2v) is 4.42. The first-order chi connectivity index (χ1) is 6.76. The van der Waals surface area contributed by atoms with E-state index in [1.54, 1.807) is 7.11 Å². The second-order valence-electron chi connectivity index (χ2n) is 4.42. The monoisotopic (exact) mass is 200 g/mol. The lowest BCUT2D eigenvalue weighted by Gasteiger charge is -2.32. The maximum Gasteiger partial charge on any atom is 0.0628 e. The maximum absolute atomic E-state index is 5.17. The summed E-state index contributed by atoms with van der Waals surface area (Å²) in [4.78, 5) is 2.54. The molecule has 1 aliphatic rings. The van der Waals surface area contributed by atoms with Crippen LogP contribution in [0.4, 0.5) is 0 Å². The molecule has 0 radical (unpaired) electrons. The van der Waals surface area contributed by atoms with Gasteiger partial charge in [-0.3, -0.25) is 0 Å². The standard InChI is InChI=1S/C11H24N2O/c1-10-4-6-13(7-5-10)8-11(12-2)9-14-3/h10-12H,4-9H2,1-3H3. The van der Waals surface area contributed by atoms with Gasteiger partial charge in [-0.25, -0.2) is 0 Å². The van der Waals surface area contributed by atoms with Crippen LogP contribution in [0.3, 0.4) is 0 Å². The van der Waals surface area contributed by atoms with Gasteiger partial charge in [0.2, 0.25) is 0 Å². The molecular formula is C11H24N2O. The van der Waals surface area contributed by atoms with E-state index in [0.29, 0.717) is 6.04 Å². The minimum Gasteiger partial charge on any atom is -0.383 e. The summed E-state index contributed by atoms with van der Waals surface area (Å²) in [7, 11) is 3.78. The fourth-order valence-electron chi connectivity index (χ4n) is 1.98. The number of hydrogen-bond donors (Lipinski definition) is 1. The highest BCUT2D eigenvalue weighted by molar-refractivity contribution is 4.75. The number of methoxy groups -OCH3 is 1. The van der Waals surface area contributed by atoms with Crippen LogP contribution in [-0.4, -0.2) is 51.3 Å². The Balaban J connectivity index is 2.21. The number of likely N-dealkylation sites (tertiary alicyclic amines) is 1. The quantitative estimate of drug-likeness (QED) is 0.715. The van der Waals surface area contributed by atoms with E-state index in [9.17, 15) is 0 Å². The zero-order chi connectivity index (χ0) is 10.4. The predicted octanol–water partition coefficient (Wildman–Crippen LogP) is 0.953. The van der Waals surface area contributed by atoms with Crippen LogP contribution in [0.5, 0.6) is 0 Å². The molecule has 1 heterocycles. The Morgan fingerprint density at radius 3 is 2.57 bits per heavy atom. The molecule has 1 rings (SSSR count). The molecule has 3 nitrogen and oxygen atoms in total. The fourth-order valence-corrected chi connectivity index (χ4v) is 1.98. The zero-order valence-corrected chi connectivity index (χ0v) is 9.75. The number of likely N-dealkylation sites (N-methyl/N-ethyl adjacent to an activating group) is 1. The van der Waals surface area contributed by atoms with E-state index in [2.05, 4.69) is 17.1 Å². The largest absolute Gasteiger partial charge is 0.383 e. The average molecular weight is 200 g/mol. The lowest BCUT2D eigenvalue weighted by Crippen LogP contribution is -2.44. The number of hydrogen-bond acceptors (Lipinski definition) is 3. The van der Waals surface area contributed by atoms with Crippen molar-refractivity contribution in [3.63, 3.8) is 0 Å². The van der Waals surface area contributed by atoms with Crippen molar-refractivity contribution in [1.82, 2.24) is 10.2 Å². The minimum atomic E-state index is 0.480. The molecule has 84 valence electrons. The summed E-state index contributed by atoms with van der Waals surface area (Å²) >= 11 is 0. The van der Waals surface area contributed by atoms with Crippen molar-refractivity contribution in [2.75, 3.05) is 40.4 Å². The number of piperidine rings is 1. The topological polar surface area (TPSA) is 24.5 Å². The Hall–Kier alpha value is -0.120. The summed E-state index contributed by atoms with van der Waals surface area (Å²) in [5.74, 6) is 0.918. The predicted molar refractivity (Wildman–Crippen MR) is 59.6 cm³/mol. The Morgan fingerprint density at radius 2 is 2.07 bits per heavy atom. The van der Waals surface area contributed by atoms with E-state index < -0.39 is 0 Å². The van der Waals surface area contributed by atoms with E-state index in [4.69, 9.17) is 4.74 Å². The normalized spacial score (nSPS) is 22.5.